The first-order valence-electron chi connectivity index (χ1n) is 14.3. The fourth-order valence-electron chi connectivity index (χ4n) is 5.59. The zero-order valence-electron chi connectivity index (χ0n) is 24.6. The minimum Gasteiger partial charge on any atom is -0.488 e. The second kappa shape index (κ2) is 12.0. The number of hydrogen-bond acceptors (Lipinski definition) is 6. The van der Waals surface area contributed by atoms with E-state index >= 15 is 0 Å². The lowest BCUT2D eigenvalue weighted by molar-refractivity contribution is -0.552. The molecule has 8 nitrogen and oxygen atoms in total. The molecule has 236 valence electrons. The molecule has 6 rings (SSSR count). The number of alkyl halides is 3. The van der Waals surface area contributed by atoms with Crippen molar-refractivity contribution < 1.29 is 41.0 Å². The number of nitroso groups, excluding NO2 is 1. The highest BCUT2D eigenvalue weighted by atomic mass is 19.4. The number of carbonyl (C=O) groups is 1. The summed E-state index contributed by atoms with van der Waals surface area (Å²) < 4.78 is 83.3. The van der Waals surface area contributed by atoms with Crippen molar-refractivity contribution in [1.29, 1.82) is 0 Å². The van der Waals surface area contributed by atoms with Gasteiger partial charge in [-0.25, -0.2) is 18.7 Å². The van der Waals surface area contributed by atoms with Crippen molar-refractivity contribution in [3.8, 4) is 28.6 Å². The largest absolute Gasteiger partial charge is 0.488 e. The van der Waals surface area contributed by atoms with E-state index in [1.54, 1.807) is 0 Å². The van der Waals surface area contributed by atoms with Crippen LogP contribution < -0.4 is 9.47 Å². The Kier molecular flexibility index (Phi) is 8.01. The molecule has 2 aliphatic heterocycles. The summed E-state index contributed by atoms with van der Waals surface area (Å²) in [5.41, 5.74) is -0.592. The number of nitrogens with zero attached hydrogens (tertiary/aromatic N) is 4. The maximum atomic E-state index is 14.4. The molecule has 13 heteroatoms. The van der Waals surface area contributed by atoms with Crippen molar-refractivity contribution in [3.05, 3.63) is 111 Å². The van der Waals surface area contributed by atoms with Crippen LogP contribution in [0.5, 0.6) is 17.4 Å². The summed E-state index contributed by atoms with van der Waals surface area (Å²) in [5, 5.41) is 0. The average Bonchev–Trinajstić information content (AvgIpc) is 3.45. The topological polar surface area (TPSA) is 84.6 Å². The van der Waals surface area contributed by atoms with E-state index in [2.05, 4.69) is 9.97 Å². The molecular formula is C33H26F5N4O4+. The van der Waals surface area contributed by atoms with Crippen LogP contribution in [-0.4, -0.2) is 32.1 Å². The number of hydrogen-bond donors (Lipinski definition) is 0. The highest BCUT2D eigenvalue weighted by Crippen LogP contribution is 2.45. The zero-order valence-corrected chi connectivity index (χ0v) is 24.6. The fourth-order valence-corrected chi connectivity index (χ4v) is 5.59. The third-order valence-electron chi connectivity index (χ3n) is 7.93. The van der Waals surface area contributed by atoms with Gasteiger partial charge in [-0.05, 0) is 43.5 Å². The number of halogens is 5. The highest BCUT2D eigenvalue weighted by molar-refractivity contribution is 5.79. The molecule has 2 aliphatic rings. The number of ether oxygens (including phenoxy) is 2. The molecule has 0 radical (unpaired) electrons. The first-order valence-corrected chi connectivity index (χ1v) is 14.3. The van der Waals surface area contributed by atoms with Crippen LogP contribution in [0, 0.1) is 30.4 Å². The van der Waals surface area contributed by atoms with Crippen LogP contribution in [-0.2, 0) is 17.6 Å². The minimum absolute atomic E-state index is 0.0250. The molecule has 0 N–H and O–H groups in total. The lowest BCUT2D eigenvalue weighted by Gasteiger charge is -2.26. The maximum absolute atomic E-state index is 14.4. The van der Waals surface area contributed by atoms with E-state index in [1.165, 1.54) is 37.1 Å². The Morgan fingerprint density at radius 1 is 1.04 bits per heavy atom. The number of benzene rings is 2. The number of aromatic nitrogens is 2. The van der Waals surface area contributed by atoms with Crippen LogP contribution in [0.15, 0.2) is 60.9 Å². The third kappa shape index (κ3) is 5.68. The number of pyridine rings is 2. The van der Waals surface area contributed by atoms with Crippen molar-refractivity contribution in [1.82, 2.24) is 14.9 Å². The molecule has 2 aromatic carbocycles. The number of amides is 1. The predicted octanol–water partition coefficient (Wildman–Crippen LogP) is 7.81. The number of likely N-dealkylation sites (tertiary alicyclic amines) is 1. The molecule has 0 bridgehead atoms. The van der Waals surface area contributed by atoms with E-state index in [0.717, 1.165) is 17.7 Å². The monoisotopic (exact) mass is 637 g/mol. The van der Waals surface area contributed by atoms with E-state index in [1.807, 2.05) is 30.3 Å². The van der Waals surface area contributed by atoms with E-state index in [4.69, 9.17) is 9.47 Å². The van der Waals surface area contributed by atoms with Crippen LogP contribution >= 0.6 is 0 Å². The summed E-state index contributed by atoms with van der Waals surface area (Å²) in [5.74, 6) is -2.95. The molecule has 1 atom stereocenters. The van der Waals surface area contributed by atoms with Gasteiger partial charge < -0.3 is 9.47 Å². The molecule has 0 spiro atoms. The summed E-state index contributed by atoms with van der Waals surface area (Å²) in [6.07, 6.45) is -1.94. The Balaban J connectivity index is 1.56. The van der Waals surface area contributed by atoms with Crippen molar-refractivity contribution in [2.75, 3.05) is 6.54 Å². The lowest BCUT2D eigenvalue weighted by Crippen LogP contribution is -2.37. The standard InChI is InChI=1S/C33H26F5N4O4/c1-18-21(33(36,37)38)16-39-31(46-25-11-10-22(34)30(35)19(25)2)28(18)24-15-26(45-17-20-7-4-3-5-8-20)29-23(40-24)12-14-42(44)32(29)41-13-6-9-27(41)43/h3-5,7-8,10-12,14-16,32H,6,9,13,17H2,1-2H3/q+1. The quantitative estimate of drug-likeness (QED) is 0.152. The lowest BCUT2D eigenvalue weighted by atomic mass is 9.98. The first-order chi connectivity index (χ1) is 21.9. The van der Waals surface area contributed by atoms with Crippen LogP contribution in [0.1, 0.15) is 52.5 Å². The molecule has 4 heterocycles. The van der Waals surface area contributed by atoms with Crippen LogP contribution in [0.3, 0.4) is 0 Å². The Hall–Kier alpha value is -5.20. The summed E-state index contributed by atoms with van der Waals surface area (Å²) in [6, 6.07) is 12.4. The summed E-state index contributed by atoms with van der Waals surface area (Å²) in [6.45, 7) is 2.82. The van der Waals surface area contributed by atoms with Crippen molar-refractivity contribution in [2.45, 2.75) is 45.6 Å². The molecule has 1 fully saturated rings. The van der Waals surface area contributed by atoms with Crippen LogP contribution in [0.4, 0.5) is 22.0 Å². The van der Waals surface area contributed by atoms with Gasteiger partial charge in [0.1, 0.15) is 23.7 Å². The summed E-state index contributed by atoms with van der Waals surface area (Å²) in [4.78, 5) is 35.9. The molecule has 4 aromatic rings. The normalized spacial score (nSPS) is 16.2. The summed E-state index contributed by atoms with van der Waals surface area (Å²) in [7, 11) is 0. The fraction of sp³-hybridized carbons (Fsp3) is 0.242. The maximum Gasteiger partial charge on any atom is 0.418 e. The molecule has 0 saturated carbocycles. The van der Waals surface area contributed by atoms with Crippen molar-refractivity contribution >= 4 is 12.0 Å². The summed E-state index contributed by atoms with van der Waals surface area (Å²) >= 11 is 0. The number of carbonyl (C=O) groups excluding carboxylic acids is 1. The van der Waals surface area contributed by atoms with Crippen LogP contribution in [0.25, 0.3) is 17.3 Å². The van der Waals surface area contributed by atoms with E-state index in [0.29, 0.717) is 23.9 Å². The van der Waals surface area contributed by atoms with Gasteiger partial charge in [0.25, 0.3) is 0 Å². The van der Waals surface area contributed by atoms with Crippen molar-refractivity contribution in [2.24, 2.45) is 0 Å². The Bertz CT molecular complexity index is 1900. The third-order valence-corrected chi connectivity index (χ3v) is 7.93. The zero-order chi connectivity index (χ0) is 32.7. The van der Waals surface area contributed by atoms with E-state index in [-0.39, 0.29) is 70.0 Å². The van der Waals surface area contributed by atoms with Gasteiger partial charge in [-0.15, -0.1) is 0 Å². The molecule has 0 aliphatic carbocycles. The number of rotatable bonds is 7. The van der Waals surface area contributed by atoms with E-state index < -0.39 is 29.5 Å². The molecule has 1 amide bonds. The van der Waals surface area contributed by atoms with Crippen LogP contribution in [0.2, 0.25) is 0 Å². The second-order valence-corrected chi connectivity index (χ2v) is 10.9. The number of fused-ring (bicyclic) bond motifs is 1. The predicted molar refractivity (Wildman–Crippen MR) is 155 cm³/mol. The molecular weight excluding hydrogens is 611 g/mol. The highest BCUT2D eigenvalue weighted by Gasteiger charge is 2.45. The van der Waals surface area contributed by atoms with Gasteiger partial charge in [0.15, 0.2) is 11.6 Å². The average molecular weight is 638 g/mol. The van der Waals surface area contributed by atoms with Crippen molar-refractivity contribution in [3.63, 3.8) is 0 Å². The van der Waals surface area contributed by atoms with Gasteiger partial charge in [0.2, 0.25) is 18.0 Å². The SMILES string of the molecule is Cc1c(Oc2ncc(C(F)(F)F)c(C)c2-c2cc(OCc3ccccc3)c3c(n2)C=C[N+](=O)C3N2CCCC2=O)ccc(F)c1F. The molecule has 46 heavy (non-hydrogen) atoms. The molecule has 2 aromatic heterocycles. The first kappa shape index (κ1) is 30.8. The Labute approximate surface area is 259 Å². The van der Waals surface area contributed by atoms with Gasteiger partial charge in [0.05, 0.1) is 27.3 Å². The smallest absolute Gasteiger partial charge is 0.418 e. The van der Waals surface area contributed by atoms with Gasteiger partial charge in [-0.2, -0.15) is 13.2 Å². The minimum atomic E-state index is -4.80. The van der Waals surface area contributed by atoms with Gasteiger partial charge >= 0.3 is 12.3 Å². The molecule has 1 unspecified atom stereocenters. The van der Waals surface area contributed by atoms with E-state index in [9.17, 15) is 31.7 Å². The Morgan fingerprint density at radius 2 is 1.80 bits per heavy atom. The van der Waals surface area contributed by atoms with Gasteiger partial charge in [-0.1, -0.05) is 30.3 Å². The Morgan fingerprint density at radius 3 is 2.50 bits per heavy atom. The van der Waals surface area contributed by atoms with Gasteiger partial charge in [0, 0.05) is 41.8 Å². The van der Waals surface area contributed by atoms with Gasteiger partial charge in [-0.3, -0.25) is 9.69 Å². The molecule has 1 saturated heterocycles. The second-order valence-electron chi connectivity index (χ2n) is 10.9.